The largest absolute Gasteiger partial charge is 0.423 e. The van der Waals surface area contributed by atoms with Crippen LogP contribution in [0.3, 0.4) is 0 Å². The zero-order valence-electron chi connectivity index (χ0n) is 9.91. The van der Waals surface area contributed by atoms with E-state index in [4.69, 9.17) is 16.0 Å². The molecular weight excluding hydrogens is 290 g/mol. The number of aromatic nitrogens is 2. The summed E-state index contributed by atoms with van der Waals surface area (Å²) in [6.45, 7) is 0. The van der Waals surface area contributed by atoms with Crippen molar-refractivity contribution in [1.29, 1.82) is 0 Å². The first kappa shape index (κ1) is 13.8. The molecule has 0 atom stereocenters. The number of rotatable bonds is 6. The van der Waals surface area contributed by atoms with E-state index in [0.29, 0.717) is 29.4 Å². The molecule has 0 spiro atoms. The third-order valence-corrected chi connectivity index (χ3v) is 3.93. The van der Waals surface area contributed by atoms with Crippen LogP contribution in [-0.2, 0) is 10.0 Å². The fourth-order valence-corrected chi connectivity index (χ4v) is 2.89. The summed E-state index contributed by atoms with van der Waals surface area (Å²) in [6, 6.07) is 6.74. The van der Waals surface area contributed by atoms with Gasteiger partial charge in [0.05, 0.1) is 5.75 Å². The van der Waals surface area contributed by atoms with Crippen LogP contribution in [0.4, 0.5) is 5.69 Å². The van der Waals surface area contributed by atoms with Gasteiger partial charge in [0.15, 0.2) is 0 Å². The van der Waals surface area contributed by atoms with Gasteiger partial charge < -0.3 is 4.42 Å². The molecule has 6 nitrogen and oxygen atoms in total. The molecule has 0 saturated carbocycles. The Labute approximate surface area is 115 Å². The molecule has 8 heteroatoms. The predicted molar refractivity (Wildman–Crippen MR) is 72.5 cm³/mol. The summed E-state index contributed by atoms with van der Waals surface area (Å²) < 4.78 is 31.0. The first-order valence-electron chi connectivity index (χ1n) is 5.54. The number of sulfonamides is 1. The average molecular weight is 302 g/mol. The Bertz CT molecular complexity index is 628. The summed E-state index contributed by atoms with van der Waals surface area (Å²) >= 11 is 5.48. The summed E-state index contributed by atoms with van der Waals surface area (Å²) in [5.41, 5.74) is 1.10. The van der Waals surface area contributed by atoms with Gasteiger partial charge in [-0.2, -0.15) is 0 Å². The van der Waals surface area contributed by atoms with E-state index in [9.17, 15) is 8.42 Å². The van der Waals surface area contributed by atoms with Crippen LogP contribution in [0.2, 0.25) is 0 Å². The van der Waals surface area contributed by atoms with Gasteiger partial charge in [-0.05, 0) is 24.6 Å². The van der Waals surface area contributed by atoms with Gasteiger partial charge >= 0.3 is 0 Å². The lowest BCUT2D eigenvalue weighted by molar-refractivity contribution is 0.568. The van der Waals surface area contributed by atoms with E-state index in [1.807, 2.05) is 0 Å². The number of nitrogens with zero attached hydrogens (tertiary/aromatic N) is 2. The standard InChI is InChI=1S/C11H12ClN3O3S/c12-5-2-6-19(16,17)15-10-4-1-3-9(7-10)11-14-13-8-18-11/h1,3-4,7-8,15H,2,5-6H2. The smallest absolute Gasteiger partial charge is 0.247 e. The second-order valence-corrected chi connectivity index (χ2v) is 6.01. The average Bonchev–Trinajstić information content (AvgIpc) is 2.90. The normalized spacial score (nSPS) is 11.4. The van der Waals surface area contributed by atoms with E-state index in [1.165, 1.54) is 6.39 Å². The fourth-order valence-electron chi connectivity index (χ4n) is 1.49. The minimum absolute atomic E-state index is 0.0126. The lowest BCUT2D eigenvalue weighted by Crippen LogP contribution is -2.16. The maximum Gasteiger partial charge on any atom is 0.247 e. The molecule has 1 aromatic carbocycles. The molecule has 0 aliphatic rings. The van der Waals surface area contributed by atoms with E-state index in [-0.39, 0.29) is 5.75 Å². The van der Waals surface area contributed by atoms with Crippen molar-refractivity contribution in [3.05, 3.63) is 30.7 Å². The van der Waals surface area contributed by atoms with Crippen molar-refractivity contribution in [2.75, 3.05) is 16.4 Å². The van der Waals surface area contributed by atoms with Crippen molar-refractivity contribution >= 4 is 27.3 Å². The summed E-state index contributed by atoms with van der Waals surface area (Å²) in [5, 5.41) is 7.34. The highest BCUT2D eigenvalue weighted by Gasteiger charge is 2.11. The Morgan fingerprint density at radius 2 is 2.21 bits per heavy atom. The first-order chi connectivity index (χ1) is 9.11. The number of anilines is 1. The number of halogens is 1. The Kier molecular flexibility index (Phi) is 4.39. The molecule has 19 heavy (non-hydrogen) atoms. The van der Waals surface area contributed by atoms with E-state index in [1.54, 1.807) is 24.3 Å². The number of benzene rings is 1. The summed E-state index contributed by atoms with van der Waals surface area (Å²) in [4.78, 5) is 0. The lowest BCUT2D eigenvalue weighted by atomic mass is 10.2. The molecule has 0 bridgehead atoms. The van der Waals surface area contributed by atoms with Gasteiger partial charge in [0.25, 0.3) is 0 Å². The highest BCUT2D eigenvalue weighted by atomic mass is 35.5. The van der Waals surface area contributed by atoms with Gasteiger partial charge in [-0.1, -0.05) is 6.07 Å². The van der Waals surface area contributed by atoms with Gasteiger partial charge in [-0.25, -0.2) is 8.42 Å². The summed E-state index contributed by atoms with van der Waals surface area (Å²) in [5.74, 6) is 0.631. The molecule has 0 aliphatic carbocycles. The second kappa shape index (κ2) is 6.03. The van der Waals surface area contributed by atoms with Crippen molar-refractivity contribution in [2.45, 2.75) is 6.42 Å². The molecule has 0 aliphatic heterocycles. The van der Waals surface area contributed by atoms with E-state index >= 15 is 0 Å². The van der Waals surface area contributed by atoms with Crippen LogP contribution in [0.5, 0.6) is 0 Å². The Morgan fingerprint density at radius 1 is 1.37 bits per heavy atom. The van der Waals surface area contributed by atoms with Gasteiger partial charge in [0, 0.05) is 17.1 Å². The minimum Gasteiger partial charge on any atom is -0.423 e. The summed E-state index contributed by atoms with van der Waals surface area (Å²) in [6.07, 6.45) is 1.62. The SMILES string of the molecule is O=S(=O)(CCCCl)Nc1cccc(-c2nnco2)c1. The van der Waals surface area contributed by atoms with Gasteiger partial charge in [0.1, 0.15) is 0 Å². The van der Waals surface area contributed by atoms with Crippen molar-refractivity contribution in [3.63, 3.8) is 0 Å². The third kappa shape index (κ3) is 3.93. The van der Waals surface area contributed by atoms with Crippen LogP contribution in [0, 0.1) is 0 Å². The number of alkyl halides is 1. The van der Waals surface area contributed by atoms with Gasteiger partial charge in [-0.3, -0.25) is 4.72 Å². The molecule has 1 aromatic heterocycles. The topological polar surface area (TPSA) is 85.1 Å². The number of hydrogen-bond donors (Lipinski definition) is 1. The zero-order chi connectivity index (χ0) is 13.7. The molecule has 2 aromatic rings. The van der Waals surface area contributed by atoms with Crippen LogP contribution >= 0.6 is 11.6 Å². The molecule has 1 N–H and O–H groups in total. The van der Waals surface area contributed by atoms with Crippen molar-refractivity contribution in [3.8, 4) is 11.5 Å². The Hall–Kier alpha value is -1.60. The molecular formula is C11H12ClN3O3S. The van der Waals surface area contributed by atoms with Crippen LogP contribution < -0.4 is 4.72 Å². The maximum absolute atomic E-state index is 11.7. The zero-order valence-corrected chi connectivity index (χ0v) is 11.5. The molecule has 0 fully saturated rings. The van der Waals surface area contributed by atoms with Crippen molar-refractivity contribution in [2.24, 2.45) is 0 Å². The molecule has 102 valence electrons. The van der Waals surface area contributed by atoms with Gasteiger partial charge in [-0.15, -0.1) is 21.8 Å². The molecule has 0 radical (unpaired) electrons. The minimum atomic E-state index is -3.38. The number of hydrogen-bond acceptors (Lipinski definition) is 5. The highest BCUT2D eigenvalue weighted by molar-refractivity contribution is 7.92. The second-order valence-electron chi connectivity index (χ2n) is 3.79. The maximum atomic E-state index is 11.7. The molecule has 0 unspecified atom stereocenters. The van der Waals surface area contributed by atoms with Crippen LogP contribution in [-0.4, -0.2) is 30.2 Å². The molecule has 2 rings (SSSR count). The van der Waals surface area contributed by atoms with E-state index in [0.717, 1.165) is 0 Å². The number of nitrogens with one attached hydrogen (secondary N) is 1. The van der Waals surface area contributed by atoms with E-state index in [2.05, 4.69) is 14.9 Å². The Balaban J connectivity index is 2.16. The third-order valence-electron chi connectivity index (χ3n) is 2.29. The van der Waals surface area contributed by atoms with Gasteiger partial charge in [0.2, 0.25) is 22.3 Å². The highest BCUT2D eigenvalue weighted by Crippen LogP contribution is 2.21. The Morgan fingerprint density at radius 3 is 2.89 bits per heavy atom. The first-order valence-corrected chi connectivity index (χ1v) is 7.72. The van der Waals surface area contributed by atoms with Crippen molar-refractivity contribution < 1.29 is 12.8 Å². The molecule has 0 saturated heterocycles. The summed E-state index contributed by atoms with van der Waals surface area (Å²) in [7, 11) is -3.38. The van der Waals surface area contributed by atoms with Crippen LogP contribution in [0.25, 0.3) is 11.5 Å². The quantitative estimate of drug-likeness (QED) is 0.826. The predicted octanol–water partition coefficient (Wildman–Crippen LogP) is 2.11. The molecule has 0 amide bonds. The fraction of sp³-hybridized carbons (Fsp3) is 0.273. The van der Waals surface area contributed by atoms with Crippen molar-refractivity contribution in [1.82, 2.24) is 10.2 Å². The monoisotopic (exact) mass is 301 g/mol. The lowest BCUT2D eigenvalue weighted by Gasteiger charge is -2.07. The molecule has 1 heterocycles. The van der Waals surface area contributed by atoms with Crippen LogP contribution in [0.1, 0.15) is 6.42 Å². The van der Waals surface area contributed by atoms with Crippen LogP contribution in [0.15, 0.2) is 35.1 Å². The van der Waals surface area contributed by atoms with E-state index < -0.39 is 10.0 Å².